The Morgan fingerprint density at radius 3 is 1.24 bits per heavy atom. The highest BCUT2D eigenvalue weighted by atomic mass is 33.1. The molecule has 0 aliphatic carbocycles. The molecule has 0 spiro atoms. The second kappa shape index (κ2) is 38.8. The standard InChI is InChI=1S/C62H84N14O20S2/c1-71-31-41(69-57(85)53-47(77)25-37-13-9-11-15-39(37)67-53)55(83)65-29-51(81)74(4)46-36-98-97-35-45(61(89)75(5)43(59(71)87)27-63-49(79)33-95-23-21-93-19-17-91-7)73(3)52(82)30-66-56(84)42(70-58(86)54-48(78)26-38-14-10-12-16-40(38)68-54)32-72(2)60(88)44(76(6)62(46)90)28-64-50(80)34-96-24-22-94-20-18-92-8/h9-16,25-26,41-46,77-78H,17-24,27-36H2,1-8H3,(H,63,79)(H,64,80)(H,65,83)(H,66,84)(H,69,85)(H,70,86)/t41-,42-,43+,44+,45+,46+/m1/s1. The van der Waals surface area contributed by atoms with Gasteiger partial charge in [0.15, 0.2) is 11.4 Å². The molecule has 0 saturated carbocycles. The fourth-order valence-corrected chi connectivity index (χ4v) is 12.4. The van der Waals surface area contributed by atoms with Crippen molar-refractivity contribution in [2.45, 2.75) is 36.3 Å². The van der Waals surface area contributed by atoms with E-state index in [4.69, 9.17) is 28.4 Å². The molecule has 2 aliphatic rings. The summed E-state index contributed by atoms with van der Waals surface area (Å²) in [6.07, 6.45) is 0. The summed E-state index contributed by atoms with van der Waals surface area (Å²) in [7, 11) is 12.2. The Hall–Kier alpha value is -9.04. The Kier molecular flexibility index (Phi) is 30.9. The zero-order valence-corrected chi connectivity index (χ0v) is 57.2. The van der Waals surface area contributed by atoms with Crippen molar-refractivity contribution in [1.29, 1.82) is 0 Å². The summed E-state index contributed by atoms with van der Waals surface area (Å²) in [5.74, 6) is -13.3. The van der Waals surface area contributed by atoms with Gasteiger partial charge in [-0.25, -0.2) is 9.97 Å². The molecule has 0 radical (unpaired) electrons. The van der Waals surface area contributed by atoms with Crippen molar-refractivity contribution >= 4 is 114 Å². The summed E-state index contributed by atoms with van der Waals surface area (Å²) >= 11 is 0. The Morgan fingerprint density at radius 2 is 0.867 bits per heavy atom. The Labute approximate surface area is 572 Å². The Morgan fingerprint density at radius 1 is 0.510 bits per heavy atom. The third-order valence-electron chi connectivity index (χ3n) is 15.7. The molecule has 6 atom stereocenters. The van der Waals surface area contributed by atoms with E-state index in [0.717, 1.165) is 51.0 Å². The fraction of sp³-hybridized carbons (Fsp3) is 0.516. The molecule has 4 aromatic rings. The molecule has 36 heteroatoms. The summed E-state index contributed by atoms with van der Waals surface area (Å²) in [6, 6.07) is 5.57. The lowest BCUT2D eigenvalue weighted by Gasteiger charge is -2.37. The Bertz CT molecular complexity index is 3280. The van der Waals surface area contributed by atoms with Gasteiger partial charge >= 0.3 is 0 Å². The van der Waals surface area contributed by atoms with Crippen LogP contribution in [0.4, 0.5) is 0 Å². The molecular weight excluding hydrogens is 1320 g/mol. The molecular formula is C62H84N14O20S2. The topological polar surface area (TPSA) is 418 Å². The molecule has 98 heavy (non-hydrogen) atoms. The average Bonchev–Trinajstić information content (AvgIpc) is 0.823. The molecule has 8 N–H and O–H groups in total. The van der Waals surface area contributed by atoms with Gasteiger partial charge in [-0.3, -0.25) is 57.5 Å². The molecule has 2 aromatic carbocycles. The van der Waals surface area contributed by atoms with Gasteiger partial charge in [-0.15, -0.1) is 0 Å². The predicted molar refractivity (Wildman–Crippen MR) is 355 cm³/mol. The number of carbonyl (C=O) groups excluding carboxylic acids is 12. The van der Waals surface area contributed by atoms with Crippen molar-refractivity contribution in [3.63, 3.8) is 0 Å². The van der Waals surface area contributed by atoms with Crippen LogP contribution in [0, 0.1) is 0 Å². The second-order valence-corrected chi connectivity index (χ2v) is 25.0. The monoisotopic (exact) mass is 1410 g/mol. The number of ether oxygens (including phenoxy) is 6. The molecule has 0 unspecified atom stereocenters. The quantitative estimate of drug-likeness (QED) is 0.0250. The normalized spacial score (nSPS) is 20.3. The third kappa shape index (κ3) is 22.2. The van der Waals surface area contributed by atoms with Gasteiger partial charge in [-0.2, -0.15) is 0 Å². The van der Waals surface area contributed by atoms with Gasteiger partial charge in [0.05, 0.1) is 77.0 Å². The zero-order chi connectivity index (χ0) is 71.6. The number of nitrogens with one attached hydrogen (secondary N) is 6. The van der Waals surface area contributed by atoms with Crippen molar-refractivity contribution < 1.29 is 96.2 Å². The number of likely N-dealkylation sites (N-methyl/N-ethyl adjacent to an activating group) is 6. The highest BCUT2D eigenvalue weighted by Gasteiger charge is 2.41. The lowest BCUT2D eigenvalue weighted by Crippen LogP contribution is -2.62. The average molecular weight is 1410 g/mol. The van der Waals surface area contributed by atoms with Crippen molar-refractivity contribution in [1.82, 2.24) is 71.3 Å². The predicted octanol–water partition coefficient (Wildman–Crippen LogP) is -3.45. The van der Waals surface area contributed by atoms with Crippen molar-refractivity contribution in [2.75, 3.05) is 173 Å². The first-order valence-corrected chi connectivity index (χ1v) is 33.3. The van der Waals surface area contributed by atoms with E-state index in [2.05, 4.69) is 41.9 Å². The van der Waals surface area contributed by atoms with E-state index >= 15 is 19.2 Å². The summed E-state index contributed by atoms with van der Waals surface area (Å²) in [6.45, 7) is -4.14. The molecule has 6 rings (SSSR count). The lowest BCUT2D eigenvalue weighted by molar-refractivity contribution is -0.150. The maximum absolute atomic E-state index is 15.3. The van der Waals surface area contributed by atoms with E-state index in [1.54, 1.807) is 48.5 Å². The van der Waals surface area contributed by atoms with Crippen molar-refractivity contribution in [3.05, 3.63) is 72.1 Å². The second-order valence-electron chi connectivity index (χ2n) is 22.5. The van der Waals surface area contributed by atoms with Crippen LogP contribution in [0.1, 0.15) is 21.0 Å². The van der Waals surface area contributed by atoms with Gasteiger partial charge in [-0.1, -0.05) is 58.0 Å². The highest BCUT2D eigenvalue weighted by molar-refractivity contribution is 8.76. The molecule has 2 saturated heterocycles. The number of benzene rings is 2. The number of fused-ring (bicyclic) bond motifs is 7. The number of hydrogen-bond acceptors (Lipinski definition) is 24. The van der Waals surface area contributed by atoms with E-state index in [-0.39, 0.29) is 62.2 Å². The van der Waals surface area contributed by atoms with Crippen LogP contribution in [0.2, 0.25) is 0 Å². The van der Waals surface area contributed by atoms with Crippen LogP contribution >= 0.6 is 21.6 Å². The van der Waals surface area contributed by atoms with Gasteiger partial charge in [0.1, 0.15) is 61.0 Å². The van der Waals surface area contributed by atoms with E-state index < -0.39 is 183 Å². The molecule has 534 valence electrons. The third-order valence-corrected chi connectivity index (χ3v) is 18.0. The summed E-state index contributed by atoms with van der Waals surface area (Å²) in [5.41, 5.74) is -0.473. The van der Waals surface area contributed by atoms with Gasteiger partial charge in [0.2, 0.25) is 59.1 Å². The van der Waals surface area contributed by atoms with Crippen LogP contribution in [0.5, 0.6) is 11.5 Å². The van der Waals surface area contributed by atoms with E-state index in [1.165, 1.54) is 68.6 Å². The first-order valence-electron chi connectivity index (χ1n) is 30.8. The molecule has 4 heterocycles. The fourth-order valence-electron chi connectivity index (χ4n) is 9.85. The zero-order valence-electron chi connectivity index (χ0n) is 55.6. The number of rotatable bonds is 24. The minimum atomic E-state index is -1.79. The molecule has 2 aromatic heterocycles. The number of nitrogens with zero attached hydrogens (tertiary/aromatic N) is 8. The van der Waals surface area contributed by atoms with Crippen LogP contribution in [0.25, 0.3) is 21.8 Å². The number of pyridine rings is 2. The number of aromatic hydroxyl groups is 2. The first kappa shape index (κ1) is 78.0. The molecule has 2 bridgehead atoms. The maximum atomic E-state index is 15.3. The molecule has 2 aliphatic heterocycles. The van der Waals surface area contributed by atoms with E-state index in [0.29, 0.717) is 24.0 Å². The number of para-hydroxylation sites is 2. The SMILES string of the molecule is COCCOCCOCC(=O)NC[C@H]1C(=O)N(C)C[C@@H](NC(=O)c2nc3ccccc3cc2O)C(=O)NCC(=O)N(C)[C@H]2CSSC[C@@H](C(=O)N1C)N(C)C(=O)CNC(=O)[C@H](NC(=O)c1nc3ccccc3cc1O)CN(C)C(=O)[C@H](CNC(=O)COCCOCCOC)N(C)C2=O. The lowest BCUT2D eigenvalue weighted by atomic mass is 10.1. The van der Waals surface area contributed by atoms with Crippen LogP contribution in [-0.2, 0) is 76.4 Å². The van der Waals surface area contributed by atoms with Gasteiger partial charge in [0, 0.05) is 105 Å². The van der Waals surface area contributed by atoms with Gasteiger partial charge < -0.3 is 99.9 Å². The molecule has 2 fully saturated rings. The maximum Gasteiger partial charge on any atom is 0.274 e. The van der Waals surface area contributed by atoms with Gasteiger partial charge in [-0.05, 0) is 24.3 Å². The Balaban J connectivity index is 1.42. The van der Waals surface area contributed by atoms with E-state index in [1.807, 2.05) is 0 Å². The highest BCUT2D eigenvalue weighted by Crippen LogP contribution is 2.29. The number of aromatic nitrogens is 2. The van der Waals surface area contributed by atoms with Crippen LogP contribution in [-0.4, -0.2) is 330 Å². The minimum Gasteiger partial charge on any atom is -0.505 e. The summed E-state index contributed by atoms with van der Waals surface area (Å²) < 4.78 is 31.7. The van der Waals surface area contributed by atoms with Crippen molar-refractivity contribution in [3.8, 4) is 11.5 Å². The van der Waals surface area contributed by atoms with Crippen LogP contribution in [0.3, 0.4) is 0 Å². The summed E-state index contributed by atoms with van der Waals surface area (Å²) in [5, 5.41) is 38.1. The van der Waals surface area contributed by atoms with Gasteiger partial charge in [0.25, 0.3) is 11.8 Å². The summed E-state index contributed by atoms with van der Waals surface area (Å²) in [4.78, 5) is 188. The van der Waals surface area contributed by atoms with E-state index in [9.17, 15) is 48.6 Å². The number of hydrogen-bond donors (Lipinski definition) is 8. The number of amides is 12. The number of carbonyl (C=O) groups is 12. The first-order chi connectivity index (χ1) is 46.9. The smallest absolute Gasteiger partial charge is 0.274 e. The minimum absolute atomic E-state index is 0.0161. The van der Waals surface area contributed by atoms with Crippen LogP contribution in [0.15, 0.2) is 60.7 Å². The molecule has 34 nitrogen and oxygen atoms in total. The van der Waals surface area contributed by atoms with Crippen LogP contribution < -0.4 is 31.9 Å². The largest absolute Gasteiger partial charge is 0.505 e. The van der Waals surface area contributed by atoms with Crippen molar-refractivity contribution in [2.24, 2.45) is 0 Å². The number of methoxy groups -OCH3 is 2. The molecule has 12 amide bonds.